The lowest BCUT2D eigenvalue weighted by atomic mass is 9.90. The highest BCUT2D eigenvalue weighted by Gasteiger charge is 2.22. The van der Waals surface area contributed by atoms with Crippen LogP contribution < -0.4 is 0 Å². The Balaban J connectivity index is 1.14. The number of fused-ring (bicyclic) bond motifs is 6. The van der Waals surface area contributed by atoms with Crippen LogP contribution in [0.15, 0.2) is 197 Å². The highest BCUT2D eigenvalue weighted by Crippen LogP contribution is 2.44. The van der Waals surface area contributed by atoms with E-state index in [1.165, 1.54) is 5.56 Å². The summed E-state index contributed by atoms with van der Waals surface area (Å²) in [6, 6.07) is 64.5. The van der Waals surface area contributed by atoms with Crippen LogP contribution in [0, 0.1) is 0 Å². The van der Waals surface area contributed by atoms with Gasteiger partial charge in [0, 0.05) is 43.8 Å². The summed E-state index contributed by atoms with van der Waals surface area (Å²) in [6.07, 6.45) is 0. The summed E-state index contributed by atoms with van der Waals surface area (Å²) >= 11 is 0. The molecule has 0 bridgehead atoms. The van der Waals surface area contributed by atoms with Crippen molar-refractivity contribution < 1.29 is 8.83 Å². The molecular formula is C51H31N3O2. The van der Waals surface area contributed by atoms with Gasteiger partial charge in [-0.15, -0.1) is 0 Å². The van der Waals surface area contributed by atoms with E-state index in [-0.39, 0.29) is 0 Å². The minimum absolute atomic E-state index is 0.564. The Morgan fingerprint density at radius 3 is 1.52 bits per heavy atom. The third kappa shape index (κ3) is 5.29. The second kappa shape index (κ2) is 13.0. The average Bonchev–Trinajstić information content (AvgIpc) is 3.86. The van der Waals surface area contributed by atoms with Gasteiger partial charge in [-0.1, -0.05) is 164 Å². The zero-order valence-electron chi connectivity index (χ0n) is 30.1. The summed E-state index contributed by atoms with van der Waals surface area (Å²) < 4.78 is 13.1. The van der Waals surface area contributed by atoms with Crippen LogP contribution in [0.3, 0.4) is 0 Å². The predicted molar refractivity (Wildman–Crippen MR) is 227 cm³/mol. The molecule has 0 fully saturated rings. The Morgan fingerprint density at radius 2 is 0.804 bits per heavy atom. The number of rotatable bonds is 6. The molecule has 0 amide bonds. The molecule has 0 aliphatic rings. The van der Waals surface area contributed by atoms with Crippen molar-refractivity contribution in [1.82, 2.24) is 15.0 Å². The predicted octanol–water partition coefficient (Wildman–Crippen LogP) is 13.7. The number of benzene rings is 8. The normalized spacial score (nSPS) is 11.6. The standard InChI is InChI=1S/C51H31N3O2/c1-4-15-32(16-5-1)35-29-30-36(42(31-35)33-17-6-2-7-18-33)37-22-12-23-39-47-41(25-14-28-45(47)56-48(37)39)51-53-49(34-19-8-3-9-20-34)52-50(54-51)40-24-13-27-44-46(40)38-21-10-11-26-43(38)55-44/h1-31H. The topological polar surface area (TPSA) is 65.0 Å². The van der Waals surface area contributed by atoms with E-state index < -0.39 is 0 Å². The summed E-state index contributed by atoms with van der Waals surface area (Å²) in [5.41, 5.74) is 12.6. The fourth-order valence-corrected chi connectivity index (χ4v) is 7.99. The lowest BCUT2D eigenvalue weighted by Gasteiger charge is -2.13. The Hall–Kier alpha value is -7.63. The highest BCUT2D eigenvalue weighted by molar-refractivity contribution is 6.16. The van der Waals surface area contributed by atoms with E-state index >= 15 is 0 Å². The Kier molecular flexibility index (Phi) is 7.42. The first-order valence-corrected chi connectivity index (χ1v) is 18.7. The second-order valence-corrected chi connectivity index (χ2v) is 13.9. The molecule has 11 rings (SSSR count). The molecule has 3 heterocycles. The van der Waals surface area contributed by atoms with Crippen molar-refractivity contribution in [2.45, 2.75) is 0 Å². The molecule has 0 radical (unpaired) electrons. The number of hydrogen-bond donors (Lipinski definition) is 0. The Labute approximate surface area is 322 Å². The molecule has 0 N–H and O–H groups in total. The van der Waals surface area contributed by atoms with Gasteiger partial charge in [0.15, 0.2) is 17.5 Å². The van der Waals surface area contributed by atoms with Crippen LogP contribution >= 0.6 is 0 Å². The zero-order chi connectivity index (χ0) is 37.0. The molecule has 11 aromatic rings. The van der Waals surface area contributed by atoms with Crippen molar-refractivity contribution in [1.29, 1.82) is 0 Å². The number of furan rings is 2. The lowest BCUT2D eigenvalue weighted by Crippen LogP contribution is -2.00. The maximum absolute atomic E-state index is 6.85. The van der Waals surface area contributed by atoms with Crippen LogP contribution in [-0.4, -0.2) is 15.0 Å². The van der Waals surface area contributed by atoms with Gasteiger partial charge in [-0.2, -0.15) is 0 Å². The van der Waals surface area contributed by atoms with E-state index in [0.29, 0.717) is 17.5 Å². The molecule has 5 heteroatoms. The summed E-state index contributed by atoms with van der Waals surface area (Å²) in [7, 11) is 0. The molecule has 3 aromatic heterocycles. The maximum atomic E-state index is 6.85. The number of para-hydroxylation sites is 2. The van der Waals surface area contributed by atoms with Crippen LogP contribution in [0.2, 0.25) is 0 Å². The number of nitrogens with zero attached hydrogens (tertiary/aromatic N) is 3. The van der Waals surface area contributed by atoms with Crippen LogP contribution in [0.5, 0.6) is 0 Å². The van der Waals surface area contributed by atoms with Gasteiger partial charge in [-0.3, -0.25) is 0 Å². The molecule has 0 saturated carbocycles. The molecule has 0 saturated heterocycles. The molecule has 8 aromatic carbocycles. The molecule has 262 valence electrons. The zero-order valence-corrected chi connectivity index (χ0v) is 30.1. The summed E-state index contributed by atoms with van der Waals surface area (Å²) in [5, 5.41) is 3.94. The van der Waals surface area contributed by atoms with Crippen molar-refractivity contribution >= 4 is 43.9 Å². The number of hydrogen-bond acceptors (Lipinski definition) is 5. The van der Waals surface area contributed by atoms with Gasteiger partial charge in [-0.25, -0.2) is 15.0 Å². The van der Waals surface area contributed by atoms with E-state index in [9.17, 15) is 0 Å². The summed E-state index contributed by atoms with van der Waals surface area (Å²) in [4.78, 5) is 15.5. The van der Waals surface area contributed by atoms with Gasteiger partial charge in [-0.05, 0) is 52.1 Å². The van der Waals surface area contributed by atoms with Crippen molar-refractivity contribution in [3.05, 3.63) is 188 Å². The van der Waals surface area contributed by atoms with Gasteiger partial charge in [0.25, 0.3) is 0 Å². The van der Waals surface area contributed by atoms with Crippen molar-refractivity contribution in [2.24, 2.45) is 0 Å². The molecule has 0 unspecified atom stereocenters. The maximum Gasteiger partial charge on any atom is 0.164 e. The van der Waals surface area contributed by atoms with Crippen molar-refractivity contribution in [3.63, 3.8) is 0 Å². The minimum atomic E-state index is 0.564. The third-order valence-corrected chi connectivity index (χ3v) is 10.6. The van der Waals surface area contributed by atoms with E-state index in [0.717, 1.165) is 88.4 Å². The second-order valence-electron chi connectivity index (χ2n) is 13.9. The van der Waals surface area contributed by atoms with Crippen molar-refractivity contribution in [3.8, 4) is 67.5 Å². The third-order valence-electron chi connectivity index (χ3n) is 10.6. The smallest absolute Gasteiger partial charge is 0.164 e. The Morgan fingerprint density at radius 1 is 0.286 bits per heavy atom. The Bertz CT molecular complexity index is 3240. The van der Waals surface area contributed by atoms with E-state index in [1.54, 1.807) is 0 Å². The first kappa shape index (κ1) is 31.9. The highest BCUT2D eigenvalue weighted by atomic mass is 16.3. The SMILES string of the molecule is c1ccc(-c2ccc(-c3cccc4c3oc3cccc(-c5nc(-c6ccccc6)nc(-c6cccc7oc8ccccc8c67)n5)c34)c(-c3ccccc3)c2)cc1. The van der Waals surface area contributed by atoms with E-state index in [2.05, 4.69) is 115 Å². The van der Waals surface area contributed by atoms with E-state index in [4.69, 9.17) is 23.8 Å². The molecule has 0 atom stereocenters. The van der Waals surface area contributed by atoms with Crippen LogP contribution in [0.25, 0.3) is 111 Å². The van der Waals surface area contributed by atoms with Crippen LogP contribution in [0.1, 0.15) is 0 Å². The molecule has 0 aliphatic heterocycles. The average molecular weight is 718 g/mol. The molecule has 56 heavy (non-hydrogen) atoms. The van der Waals surface area contributed by atoms with Gasteiger partial charge in [0.05, 0.1) is 0 Å². The first-order valence-electron chi connectivity index (χ1n) is 18.7. The molecule has 5 nitrogen and oxygen atoms in total. The number of aromatic nitrogens is 3. The molecular weight excluding hydrogens is 687 g/mol. The summed E-state index contributed by atoms with van der Waals surface area (Å²) in [6.45, 7) is 0. The van der Waals surface area contributed by atoms with Crippen LogP contribution in [-0.2, 0) is 0 Å². The fraction of sp³-hybridized carbons (Fsp3) is 0. The van der Waals surface area contributed by atoms with Gasteiger partial charge in [0.1, 0.15) is 22.3 Å². The quantitative estimate of drug-likeness (QED) is 0.171. The van der Waals surface area contributed by atoms with Crippen LogP contribution in [0.4, 0.5) is 0 Å². The lowest BCUT2D eigenvalue weighted by molar-refractivity contribution is 0.669. The largest absolute Gasteiger partial charge is 0.456 e. The van der Waals surface area contributed by atoms with E-state index in [1.807, 2.05) is 72.8 Å². The molecule has 0 spiro atoms. The summed E-state index contributed by atoms with van der Waals surface area (Å²) in [5.74, 6) is 1.73. The first-order chi connectivity index (χ1) is 27.8. The van der Waals surface area contributed by atoms with Gasteiger partial charge in [0.2, 0.25) is 0 Å². The molecule has 0 aliphatic carbocycles. The van der Waals surface area contributed by atoms with Gasteiger partial charge >= 0.3 is 0 Å². The van der Waals surface area contributed by atoms with Gasteiger partial charge < -0.3 is 8.83 Å². The minimum Gasteiger partial charge on any atom is -0.456 e. The monoisotopic (exact) mass is 717 g/mol. The fourth-order valence-electron chi connectivity index (χ4n) is 7.99. The van der Waals surface area contributed by atoms with Crippen molar-refractivity contribution in [2.75, 3.05) is 0 Å².